The van der Waals surface area contributed by atoms with Gasteiger partial charge in [-0.25, -0.2) is 4.68 Å². The molecular formula is C11H21BrN4. The second kappa shape index (κ2) is 6.35. The fourth-order valence-electron chi connectivity index (χ4n) is 2.16. The van der Waals surface area contributed by atoms with Crippen LogP contribution in [0.1, 0.15) is 51.3 Å². The summed E-state index contributed by atoms with van der Waals surface area (Å²) >= 11 is 3.41. The molecule has 0 aliphatic heterocycles. The van der Waals surface area contributed by atoms with Gasteiger partial charge >= 0.3 is 0 Å². The van der Waals surface area contributed by atoms with Gasteiger partial charge in [0.15, 0.2) is 4.60 Å². The number of hydrogen-bond acceptors (Lipinski definition) is 3. The van der Waals surface area contributed by atoms with Gasteiger partial charge in [0.25, 0.3) is 0 Å². The molecule has 92 valence electrons. The van der Waals surface area contributed by atoms with E-state index in [4.69, 9.17) is 5.73 Å². The summed E-state index contributed by atoms with van der Waals surface area (Å²) in [6.07, 6.45) is 4.65. The Bertz CT molecular complexity index is 298. The van der Waals surface area contributed by atoms with Crippen LogP contribution in [0.25, 0.3) is 0 Å². The predicted octanol–water partition coefficient (Wildman–Crippen LogP) is 2.79. The maximum atomic E-state index is 6.33. The van der Waals surface area contributed by atoms with Crippen molar-refractivity contribution in [3.63, 3.8) is 0 Å². The van der Waals surface area contributed by atoms with Gasteiger partial charge in [-0.05, 0) is 34.7 Å². The zero-order valence-electron chi connectivity index (χ0n) is 10.3. The molecule has 1 rings (SSSR count). The summed E-state index contributed by atoms with van der Waals surface area (Å²) in [5.74, 6) is 0.517. The van der Waals surface area contributed by atoms with Crippen LogP contribution in [-0.4, -0.2) is 15.0 Å². The Hall–Kier alpha value is -0.420. The minimum absolute atomic E-state index is 0.0225. The van der Waals surface area contributed by atoms with Crippen LogP contribution in [0.15, 0.2) is 4.60 Å². The summed E-state index contributed by atoms with van der Waals surface area (Å²) in [7, 11) is 1.89. The number of aryl methyl sites for hydroxylation is 1. The lowest BCUT2D eigenvalue weighted by molar-refractivity contribution is 0.354. The van der Waals surface area contributed by atoms with Crippen molar-refractivity contribution >= 4 is 15.9 Å². The molecule has 0 bridgehead atoms. The summed E-state index contributed by atoms with van der Waals surface area (Å²) < 4.78 is 2.55. The van der Waals surface area contributed by atoms with Gasteiger partial charge < -0.3 is 5.73 Å². The zero-order valence-corrected chi connectivity index (χ0v) is 11.9. The second-order valence-electron chi connectivity index (χ2n) is 4.25. The first-order valence-electron chi connectivity index (χ1n) is 5.92. The lowest BCUT2D eigenvalue weighted by Crippen LogP contribution is -2.24. The molecule has 0 saturated carbocycles. The molecule has 1 atom stereocenters. The summed E-state index contributed by atoms with van der Waals surface area (Å²) in [6.45, 7) is 4.40. The number of nitrogens with two attached hydrogens (primary N) is 1. The normalized spacial score (nSPS) is 13.4. The van der Waals surface area contributed by atoms with E-state index in [2.05, 4.69) is 40.1 Å². The molecule has 1 aromatic rings. The first-order chi connectivity index (χ1) is 7.61. The maximum Gasteiger partial charge on any atom is 0.153 e. The van der Waals surface area contributed by atoms with Crippen LogP contribution >= 0.6 is 15.9 Å². The number of halogens is 1. The standard InChI is InChI=1S/C11H21BrN4/c1-4-6-8(7-5-2)9(13)10-11(12)14-15-16(10)3/h8-9H,4-7,13H2,1-3H3. The second-order valence-corrected chi connectivity index (χ2v) is 5.00. The average Bonchev–Trinajstić information content (AvgIpc) is 2.57. The van der Waals surface area contributed by atoms with Crippen molar-refractivity contribution < 1.29 is 0 Å². The van der Waals surface area contributed by atoms with Crippen molar-refractivity contribution in [3.05, 3.63) is 10.3 Å². The van der Waals surface area contributed by atoms with Crippen molar-refractivity contribution in [1.29, 1.82) is 0 Å². The highest BCUT2D eigenvalue weighted by atomic mass is 79.9. The molecular weight excluding hydrogens is 268 g/mol. The number of rotatable bonds is 6. The number of hydrogen-bond donors (Lipinski definition) is 1. The first kappa shape index (κ1) is 13.6. The molecule has 1 unspecified atom stereocenters. The first-order valence-corrected chi connectivity index (χ1v) is 6.71. The van der Waals surface area contributed by atoms with Crippen LogP contribution in [0.5, 0.6) is 0 Å². The van der Waals surface area contributed by atoms with Crippen LogP contribution in [0.2, 0.25) is 0 Å². The van der Waals surface area contributed by atoms with Crippen molar-refractivity contribution in [2.75, 3.05) is 0 Å². The molecule has 1 heterocycles. The minimum atomic E-state index is 0.0225. The molecule has 1 aromatic heterocycles. The van der Waals surface area contributed by atoms with Crippen molar-refractivity contribution in [1.82, 2.24) is 15.0 Å². The van der Waals surface area contributed by atoms with E-state index in [1.54, 1.807) is 4.68 Å². The number of nitrogens with zero attached hydrogens (tertiary/aromatic N) is 3. The minimum Gasteiger partial charge on any atom is -0.322 e. The van der Waals surface area contributed by atoms with Crippen LogP contribution in [0.3, 0.4) is 0 Å². The van der Waals surface area contributed by atoms with Gasteiger partial charge in [-0.15, -0.1) is 5.10 Å². The van der Waals surface area contributed by atoms with E-state index in [0.717, 1.165) is 23.1 Å². The quantitative estimate of drug-likeness (QED) is 0.876. The summed E-state index contributed by atoms with van der Waals surface area (Å²) in [4.78, 5) is 0. The topological polar surface area (TPSA) is 56.7 Å². The molecule has 0 spiro atoms. The van der Waals surface area contributed by atoms with E-state index in [1.165, 1.54) is 12.8 Å². The third-order valence-corrected chi connectivity index (χ3v) is 3.53. The highest BCUT2D eigenvalue weighted by molar-refractivity contribution is 9.10. The van der Waals surface area contributed by atoms with Crippen LogP contribution in [0.4, 0.5) is 0 Å². The molecule has 16 heavy (non-hydrogen) atoms. The summed E-state index contributed by atoms with van der Waals surface area (Å²) in [5.41, 5.74) is 7.33. The molecule has 0 fully saturated rings. The Morgan fingerprint density at radius 2 is 1.88 bits per heavy atom. The Morgan fingerprint density at radius 1 is 1.31 bits per heavy atom. The third kappa shape index (κ3) is 3.04. The average molecular weight is 289 g/mol. The van der Waals surface area contributed by atoms with Crippen LogP contribution in [-0.2, 0) is 7.05 Å². The van der Waals surface area contributed by atoms with E-state index in [-0.39, 0.29) is 6.04 Å². The largest absolute Gasteiger partial charge is 0.322 e. The summed E-state index contributed by atoms with van der Waals surface area (Å²) in [5, 5.41) is 7.97. The van der Waals surface area contributed by atoms with Gasteiger partial charge in [-0.1, -0.05) is 31.9 Å². The predicted molar refractivity (Wildman–Crippen MR) is 68.9 cm³/mol. The fraction of sp³-hybridized carbons (Fsp3) is 0.818. The molecule has 0 aliphatic rings. The van der Waals surface area contributed by atoms with E-state index in [0.29, 0.717) is 5.92 Å². The summed E-state index contributed by atoms with van der Waals surface area (Å²) in [6, 6.07) is 0.0225. The van der Waals surface area contributed by atoms with Crippen LogP contribution in [0, 0.1) is 5.92 Å². The molecule has 0 saturated heterocycles. The van der Waals surface area contributed by atoms with E-state index in [1.807, 2.05) is 7.05 Å². The van der Waals surface area contributed by atoms with Gasteiger partial charge in [-0.3, -0.25) is 0 Å². The van der Waals surface area contributed by atoms with Crippen molar-refractivity contribution in [2.45, 2.75) is 45.6 Å². The maximum absolute atomic E-state index is 6.33. The molecule has 2 N–H and O–H groups in total. The SMILES string of the molecule is CCCC(CCC)C(N)c1c(Br)nnn1C. The van der Waals surface area contributed by atoms with E-state index in [9.17, 15) is 0 Å². The van der Waals surface area contributed by atoms with Crippen molar-refractivity contribution in [2.24, 2.45) is 18.7 Å². The Labute approximate surface area is 106 Å². The molecule has 0 amide bonds. The Balaban J connectivity index is 2.84. The Morgan fingerprint density at radius 3 is 2.25 bits per heavy atom. The lowest BCUT2D eigenvalue weighted by Gasteiger charge is -2.23. The Kier molecular flexibility index (Phi) is 5.41. The fourth-order valence-corrected chi connectivity index (χ4v) is 2.75. The lowest BCUT2D eigenvalue weighted by atomic mass is 9.89. The monoisotopic (exact) mass is 288 g/mol. The van der Waals surface area contributed by atoms with Crippen molar-refractivity contribution in [3.8, 4) is 0 Å². The van der Waals surface area contributed by atoms with Gasteiger partial charge in [0, 0.05) is 7.05 Å². The molecule has 0 aliphatic carbocycles. The van der Waals surface area contributed by atoms with E-state index < -0.39 is 0 Å². The smallest absolute Gasteiger partial charge is 0.153 e. The highest BCUT2D eigenvalue weighted by Gasteiger charge is 2.23. The highest BCUT2D eigenvalue weighted by Crippen LogP contribution is 2.30. The molecule has 4 nitrogen and oxygen atoms in total. The van der Waals surface area contributed by atoms with Crippen LogP contribution < -0.4 is 5.73 Å². The molecule has 0 radical (unpaired) electrons. The number of aromatic nitrogens is 3. The molecule has 5 heteroatoms. The zero-order chi connectivity index (χ0) is 12.1. The third-order valence-electron chi connectivity index (χ3n) is 2.97. The molecule has 0 aromatic carbocycles. The van der Waals surface area contributed by atoms with Gasteiger partial charge in [0.1, 0.15) is 0 Å². The van der Waals surface area contributed by atoms with Gasteiger partial charge in [0.2, 0.25) is 0 Å². The van der Waals surface area contributed by atoms with E-state index >= 15 is 0 Å². The van der Waals surface area contributed by atoms with Gasteiger partial charge in [0.05, 0.1) is 11.7 Å². The van der Waals surface area contributed by atoms with Gasteiger partial charge in [-0.2, -0.15) is 0 Å².